The maximum absolute atomic E-state index is 12.3. The third-order valence-corrected chi connectivity index (χ3v) is 3.87. The molecule has 0 bridgehead atoms. The average molecular weight is 303 g/mol. The summed E-state index contributed by atoms with van der Waals surface area (Å²) in [6, 6.07) is 4.52. The van der Waals surface area contributed by atoms with E-state index in [1.807, 2.05) is 0 Å². The number of benzene rings is 1. The van der Waals surface area contributed by atoms with Crippen LogP contribution in [-0.2, 0) is 9.59 Å². The molecule has 1 aliphatic heterocycles. The fourth-order valence-corrected chi connectivity index (χ4v) is 2.46. The minimum absolute atomic E-state index is 0.0407. The van der Waals surface area contributed by atoms with Crippen LogP contribution in [0.4, 0.5) is 0 Å². The smallest absolute Gasteiger partial charge is 0.326 e. The van der Waals surface area contributed by atoms with Crippen molar-refractivity contribution in [3.05, 3.63) is 29.3 Å². The number of carbonyl (C=O) groups is 2. The first-order chi connectivity index (χ1) is 10.6. The van der Waals surface area contributed by atoms with E-state index in [4.69, 9.17) is 9.47 Å². The van der Waals surface area contributed by atoms with Gasteiger partial charge < -0.3 is 19.9 Å². The van der Waals surface area contributed by atoms with Crippen molar-refractivity contribution >= 4 is 18.0 Å². The zero-order chi connectivity index (χ0) is 15.7. The number of nitrogens with one attached hydrogen (secondary N) is 1. The first-order valence-corrected chi connectivity index (χ1v) is 7.13. The summed E-state index contributed by atoms with van der Waals surface area (Å²) in [7, 11) is 1.57. The van der Waals surface area contributed by atoms with Crippen molar-refractivity contribution in [1.82, 2.24) is 5.32 Å². The summed E-state index contributed by atoms with van der Waals surface area (Å²) in [6.45, 7) is 0.127. The molecule has 0 aromatic heterocycles. The van der Waals surface area contributed by atoms with Crippen LogP contribution in [0.5, 0.6) is 11.5 Å². The van der Waals surface area contributed by atoms with Gasteiger partial charge in [0.05, 0.1) is 12.7 Å². The van der Waals surface area contributed by atoms with Crippen LogP contribution in [0.2, 0.25) is 0 Å². The Morgan fingerprint density at radius 2 is 2.18 bits per heavy atom. The van der Waals surface area contributed by atoms with Crippen molar-refractivity contribution in [3.63, 3.8) is 0 Å². The summed E-state index contributed by atoms with van der Waals surface area (Å²) in [5.41, 5.74) is 1.15. The lowest BCUT2D eigenvalue weighted by molar-refractivity contribution is -0.142. The zero-order valence-corrected chi connectivity index (χ0v) is 12.2. The Bertz CT molecular complexity index is 648. The van der Waals surface area contributed by atoms with Gasteiger partial charge in [-0.25, -0.2) is 4.79 Å². The Morgan fingerprint density at radius 3 is 2.82 bits per heavy atom. The number of hydrogen-bond donors (Lipinski definition) is 2. The van der Waals surface area contributed by atoms with Crippen LogP contribution in [0.1, 0.15) is 18.4 Å². The van der Waals surface area contributed by atoms with Crippen molar-refractivity contribution in [2.45, 2.75) is 18.9 Å². The van der Waals surface area contributed by atoms with Gasteiger partial charge in [-0.3, -0.25) is 4.79 Å². The minimum atomic E-state index is -0.991. The van der Waals surface area contributed by atoms with Gasteiger partial charge in [-0.15, -0.1) is 0 Å². The summed E-state index contributed by atoms with van der Waals surface area (Å²) in [4.78, 5) is 23.5. The van der Waals surface area contributed by atoms with E-state index in [0.717, 1.165) is 18.4 Å². The van der Waals surface area contributed by atoms with Gasteiger partial charge in [0, 0.05) is 5.56 Å². The van der Waals surface area contributed by atoms with Crippen molar-refractivity contribution in [3.8, 4) is 11.5 Å². The lowest BCUT2D eigenvalue weighted by Gasteiger charge is -2.20. The number of carboxylic acid groups (broad SMARTS) is 1. The summed E-state index contributed by atoms with van der Waals surface area (Å²) in [5, 5.41) is 11.8. The molecule has 1 saturated carbocycles. The summed E-state index contributed by atoms with van der Waals surface area (Å²) in [6.07, 6.45) is 3.39. The molecular weight excluding hydrogens is 286 g/mol. The molecule has 22 heavy (non-hydrogen) atoms. The normalized spacial score (nSPS) is 17.6. The van der Waals surface area contributed by atoms with Gasteiger partial charge in [-0.1, -0.05) is 0 Å². The van der Waals surface area contributed by atoms with Crippen molar-refractivity contribution in [2.75, 3.05) is 13.7 Å². The highest BCUT2D eigenvalue weighted by molar-refractivity contribution is 6.01. The molecule has 116 valence electrons. The molecule has 1 aromatic rings. The van der Waals surface area contributed by atoms with Gasteiger partial charge in [0.1, 0.15) is 24.1 Å². The highest BCUT2D eigenvalue weighted by atomic mass is 16.5. The molecule has 0 saturated heterocycles. The molecule has 0 radical (unpaired) electrons. The Labute approximate surface area is 127 Å². The van der Waals surface area contributed by atoms with E-state index in [9.17, 15) is 14.7 Å². The Hall–Kier alpha value is -2.50. The lowest BCUT2D eigenvalue weighted by Crippen LogP contribution is -2.43. The van der Waals surface area contributed by atoms with Crippen molar-refractivity contribution in [2.24, 2.45) is 5.92 Å². The number of methoxy groups -OCH3 is 1. The number of ether oxygens (including phenoxy) is 2. The van der Waals surface area contributed by atoms with Gasteiger partial charge >= 0.3 is 5.97 Å². The third-order valence-electron chi connectivity index (χ3n) is 3.87. The number of amides is 1. The van der Waals surface area contributed by atoms with Crippen LogP contribution < -0.4 is 14.8 Å². The lowest BCUT2D eigenvalue weighted by atomic mass is 10.1. The summed E-state index contributed by atoms with van der Waals surface area (Å²) >= 11 is 0. The molecule has 6 nitrogen and oxygen atoms in total. The van der Waals surface area contributed by atoms with Gasteiger partial charge in [0.15, 0.2) is 0 Å². The molecule has 1 aliphatic carbocycles. The second kappa shape index (κ2) is 5.71. The molecule has 6 heteroatoms. The second-order valence-corrected chi connectivity index (χ2v) is 5.49. The number of carbonyl (C=O) groups excluding carboxylic acids is 1. The number of fused-ring (bicyclic) bond motifs is 1. The number of carboxylic acids is 1. The maximum atomic E-state index is 12.3. The van der Waals surface area contributed by atoms with Crippen LogP contribution in [-0.4, -0.2) is 36.7 Å². The number of aliphatic carboxylic acids is 1. The second-order valence-electron chi connectivity index (χ2n) is 5.49. The van der Waals surface area contributed by atoms with Crippen LogP contribution >= 0.6 is 0 Å². The SMILES string of the molecule is COc1ccc2c(c1)C=C(C(=O)NC(C(=O)O)C1CC1)CO2. The highest BCUT2D eigenvalue weighted by Gasteiger charge is 2.37. The van der Waals surface area contributed by atoms with Gasteiger partial charge in [0.2, 0.25) is 0 Å². The monoisotopic (exact) mass is 303 g/mol. The van der Waals surface area contributed by atoms with E-state index >= 15 is 0 Å². The predicted octanol–water partition coefficient (Wildman–Crippen LogP) is 1.45. The fourth-order valence-electron chi connectivity index (χ4n) is 2.46. The van der Waals surface area contributed by atoms with E-state index in [1.165, 1.54) is 0 Å². The molecule has 1 fully saturated rings. The van der Waals surface area contributed by atoms with Crippen LogP contribution in [0.25, 0.3) is 6.08 Å². The first kappa shape index (κ1) is 14.4. The number of rotatable bonds is 5. The van der Waals surface area contributed by atoms with Gasteiger partial charge in [0.25, 0.3) is 5.91 Å². The fraction of sp³-hybridized carbons (Fsp3) is 0.375. The predicted molar refractivity (Wildman–Crippen MR) is 78.8 cm³/mol. The van der Waals surface area contributed by atoms with Crippen molar-refractivity contribution in [1.29, 1.82) is 0 Å². The van der Waals surface area contributed by atoms with E-state index in [2.05, 4.69) is 5.32 Å². The minimum Gasteiger partial charge on any atom is -0.497 e. The molecule has 3 rings (SSSR count). The van der Waals surface area contributed by atoms with Crippen molar-refractivity contribution < 1.29 is 24.2 Å². The summed E-state index contributed by atoms with van der Waals surface area (Å²) in [5.74, 6) is -0.00191. The van der Waals surface area contributed by atoms with Crippen LogP contribution in [0.3, 0.4) is 0 Å². The molecule has 2 aliphatic rings. The maximum Gasteiger partial charge on any atom is 0.326 e. The quantitative estimate of drug-likeness (QED) is 0.860. The molecular formula is C16H17NO5. The Morgan fingerprint density at radius 1 is 1.41 bits per heavy atom. The topological polar surface area (TPSA) is 84.9 Å². The average Bonchev–Trinajstić information content (AvgIpc) is 3.35. The van der Waals surface area contributed by atoms with E-state index < -0.39 is 17.9 Å². The number of hydrogen-bond acceptors (Lipinski definition) is 4. The van der Waals surface area contributed by atoms with E-state index in [1.54, 1.807) is 31.4 Å². The molecule has 1 amide bonds. The van der Waals surface area contributed by atoms with Crippen LogP contribution in [0.15, 0.2) is 23.8 Å². The molecule has 2 N–H and O–H groups in total. The standard InChI is InChI=1S/C16H17NO5/c1-21-12-4-5-13-10(7-12)6-11(8-22-13)15(18)17-14(16(19)20)9-2-3-9/h4-7,9,14H,2-3,8H2,1H3,(H,17,18)(H,19,20). The Balaban J connectivity index is 1.77. The molecule has 1 unspecified atom stereocenters. The molecule has 1 atom stereocenters. The first-order valence-electron chi connectivity index (χ1n) is 7.13. The summed E-state index contributed by atoms with van der Waals surface area (Å²) < 4.78 is 10.7. The molecule has 0 spiro atoms. The van der Waals surface area contributed by atoms with Crippen LogP contribution in [0, 0.1) is 5.92 Å². The van der Waals surface area contributed by atoms with Gasteiger partial charge in [-0.2, -0.15) is 0 Å². The van der Waals surface area contributed by atoms with E-state index in [-0.39, 0.29) is 12.5 Å². The highest BCUT2D eigenvalue weighted by Crippen LogP contribution is 2.33. The third kappa shape index (κ3) is 2.90. The molecule has 1 heterocycles. The largest absolute Gasteiger partial charge is 0.497 e. The molecule has 1 aromatic carbocycles. The van der Waals surface area contributed by atoms with E-state index in [0.29, 0.717) is 17.1 Å². The van der Waals surface area contributed by atoms with Gasteiger partial charge in [-0.05, 0) is 43.0 Å². The Kier molecular flexibility index (Phi) is 3.75. The zero-order valence-electron chi connectivity index (χ0n) is 12.2.